The van der Waals surface area contributed by atoms with Crippen molar-refractivity contribution in [1.82, 2.24) is 4.98 Å². The summed E-state index contributed by atoms with van der Waals surface area (Å²) in [5.41, 5.74) is 8.03. The molecule has 1 heterocycles. The molecule has 0 unspecified atom stereocenters. The lowest BCUT2D eigenvalue weighted by Gasteiger charge is -2.05. The molecule has 28 heavy (non-hydrogen) atoms. The lowest BCUT2D eigenvalue weighted by molar-refractivity contribution is -0.113. The van der Waals surface area contributed by atoms with Crippen LogP contribution in [0.25, 0.3) is 6.08 Å². The van der Waals surface area contributed by atoms with Gasteiger partial charge in [-0.15, -0.1) is 0 Å². The van der Waals surface area contributed by atoms with E-state index < -0.39 is 5.91 Å². The summed E-state index contributed by atoms with van der Waals surface area (Å²) in [6.07, 6.45) is 6.24. The van der Waals surface area contributed by atoms with Gasteiger partial charge in [-0.1, -0.05) is 23.8 Å². The molecule has 142 valence electrons. The van der Waals surface area contributed by atoms with Gasteiger partial charge in [-0.2, -0.15) is 0 Å². The summed E-state index contributed by atoms with van der Waals surface area (Å²) in [5, 5.41) is 2.70. The van der Waals surface area contributed by atoms with Crippen molar-refractivity contribution in [2.24, 2.45) is 5.73 Å². The first kappa shape index (κ1) is 20.5. The van der Waals surface area contributed by atoms with E-state index >= 15 is 0 Å². The highest BCUT2D eigenvalue weighted by molar-refractivity contribution is 6.04. The van der Waals surface area contributed by atoms with Crippen molar-refractivity contribution in [3.63, 3.8) is 0 Å². The average Bonchev–Trinajstić information content (AvgIpc) is 2.70. The van der Waals surface area contributed by atoms with Gasteiger partial charge in [0.15, 0.2) is 0 Å². The number of carbonyl (C=O) groups excluding carboxylic acids is 2. The van der Waals surface area contributed by atoms with Gasteiger partial charge >= 0.3 is 0 Å². The largest absolute Gasteiger partial charge is 0.366 e. The van der Waals surface area contributed by atoms with E-state index in [-0.39, 0.29) is 11.7 Å². The fourth-order valence-corrected chi connectivity index (χ4v) is 2.09. The molecule has 0 bridgehead atoms. The zero-order valence-corrected chi connectivity index (χ0v) is 15.3. The minimum atomic E-state index is -0.450. The first-order valence-electron chi connectivity index (χ1n) is 8.45. The number of nitrogens with two attached hydrogens (primary N) is 1. The molecular formula is C22H20FN3O2. The number of primary amides is 1. The van der Waals surface area contributed by atoms with Gasteiger partial charge in [0.05, 0.1) is 0 Å². The summed E-state index contributed by atoms with van der Waals surface area (Å²) in [5.74, 6) is -0.969. The van der Waals surface area contributed by atoms with Crippen molar-refractivity contribution >= 4 is 23.6 Å². The fraction of sp³-hybridized carbons (Fsp3) is 0.0455. The highest BCUT2D eigenvalue weighted by Crippen LogP contribution is 2.11. The zero-order valence-electron chi connectivity index (χ0n) is 15.3. The molecule has 0 radical (unpaired) electrons. The van der Waals surface area contributed by atoms with Crippen LogP contribution in [0.5, 0.6) is 0 Å². The summed E-state index contributed by atoms with van der Waals surface area (Å²) in [6, 6.07) is 16.6. The van der Waals surface area contributed by atoms with Crippen molar-refractivity contribution in [3.05, 3.63) is 102 Å². The Morgan fingerprint density at radius 1 is 1.04 bits per heavy atom. The van der Waals surface area contributed by atoms with Crippen molar-refractivity contribution in [1.29, 1.82) is 0 Å². The molecule has 3 aromatic rings. The van der Waals surface area contributed by atoms with Crippen molar-refractivity contribution in [2.45, 2.75) is 6.92 Å². The number of aromatic nitrogens is 1. The van der Waals surface area contributed by atoms with Crippen molar-refractivity contribution in [2.75, 3.05) is 5.32 Å². The highest BCUT2D eigenvalue weighted by Gasteiger charge is 2.05. The predicted molar refractivity (Wildman–Crippen MR) is 108 cm³/mol. The Kier molecular flexibility index (Phi) is 7.60. The standard InChI is InChI=1S/C14H12FNO.C8H8N2O/c1-10-2-4-11(5-3-10)14(17)16-13-8-6-12(15)7-9-13;9-8(11)4-3-7-2-1-5-10-6-7/h2-9H,1H3,(H,16,17);1-6H,(H2,9,11). The normalized spacial score (nSPS) is 10.1. The first-order valence-corrected chi connectivity index (χ1v) is 8.45. The number of hydrogen-bond acceptors (Lipinski definition) is 3. The molecule has 2 aromatic carbocycles. The third kappa shape index (κ3) is 7.21. The Balaban J connectivity index is 0.000000221. The number of aryl methyl sites for hydroxylation is 1. The van der Waals surface area contributed by atoms with Crippen LogP contribution in [0.3, 0.4) is 0 Å². The molecule has 0 saturated carbocycles. The summed E-state index contributed by atoms with van der Waals surface area (Å²) in [6.45, 7) is 1.96. The van der Waals surface area contributed by atoms with E-state index in [2.05, 4.69) is 10.3 Å². The van der Waals surface area contributed by atoms with Gasteiger partial charge in [0.25, 0.3) is 5.91 Å². The Labute approximate surface area is 162 Å². The second-order valence-electron chi connectivity index (χ2n) is 5.85. The third-order valence-corrected chi connectivity index (χ3v) is 3.54. The van der Waals surface area contributed by atoms with Gasteiger partial charge in [-0.05, 0) is 61.0 Å². The van der Waals surface area contributed by atoms with Gasteiger partial charge in [0.1, 0.15) is 5.82 Å². The molecule has 5 nitrogen and oxygen atoms in total. The van der Waals surface area contributed by atoms with E-state index in [1.54, 1.807) is 36.7 Å². The Hall–Kier alpha value is -3.80. The van der Waals surface area contributed by atoms with Crippen LogP contribution in [0.15, 0.2) is 79.1 Å². The number of halogens is 1. The van der Waals surface area contributed by atoms with E-state index in [1.807, 2.05) is 25.1 Å². The first-order chi connectivity index (χ1) is 13.4. The summed E-state index contributed by atoms with van der Waals surface area (Å²) in [4.78, 5) is 26.0. The van der Waals surface area contributed by atoms with Crippen molar-refractivity contribution < 1.29 is 14.0 Å². The minimum Gasteiger partial charge on any atom is -0.366 e. The summed E-state index contributed by atoms with van der Waals surface area (Å²) in [7, 11) is 0. The van der Waals surface area contributed by atoms with E-state index in [9.17, 15) is 14.0 Å². The number of benzene rings is 2. The molecule has 0 aliphatic carbocycles. The SMILES string of the molecule is Cc1ccc(C(=O)Nc2ccc(F)cc2)cc1.NC(=O)C=Cc1cccnc1. The molecule has 0 aliphatic heterocycles. The molecule has 6 heteroatoms. The number of rotatable bonds is 4. The number of pyridine rings is 1. The van der Waals surface area contributed by atoms with Crippen LogP contribution in [0.1, 0.15) is 21.5 Å². The summed E-state index contributed by atoms with van der Waals surface area (Å²) < 4.78 is 12.7. The molecule has 0 spiro atoms. The van der Waals surface area contributed by atoms with Crippen LogP contribution in [-0.4, -0.2) is 16.8 Å². The molecule has 0 saturated heterocycles. The number of amides is 2. The lowest BCUT2D eigenvalue weighted by Crippen LogP contribution is -2.11. The lowest BCUT2D eigenvalue weighted by atomic mass is 10.1. The maximum absolute atomic E-state index is 12.7. The quantitative estimate of drug-likeness (QED) is 0.675. The minimum absolute atomic E-state index is 0.198. The highest BCUT2D eigenvalue weighted by atomic mass is 19.1. The summed E-state index contributed by atoms with van der Waals surface area (Å²) >= 11 is 0. The monoisotopic (exact) mass is 377 g/mol. The van der Waals surface area contributed by atoms with Gasteiger partial charge < -0.3 is 11.1 Å². The second kappa shape index (κ2) is 10.4. The molecule has 2 amide bonds. The molecule has 1 aromatic heterocycles. The van der Waals surface area contributed by atoms with Crippen molar-refractivity contribution in [3.8, 4) is 0 Å². The van der Waals surface area contributed by atoms with Crippen LogP contribution < -0.4 is 11.1 Å². The Morgan fingerprint density at radius 2 is 1.71 bits per heavy atom. The molecule has 0 aliphatic rings. The van der Waals surface area contributed by atoms with E-state index in [0.717, 1.165) is 11.1 Å². The maximum atomic E-state index is 12.7. The zero-order chi connectivity index (χ0) is 20.4. The topological polar surface area (TPSA) is 85.1 Å². The Bertz CT molecular complexity index is 938. The number of carbonyl (C=O) groups is 2. The van der Waals surface area contributed by atoms with Crippen LogP contribution in [-0.2, 0) is 4.79 Å². The molecule has 3 N–H and O–H groups in total. The molecular weight excluding hydrogens is 357 g/mol. The predicted octanol–water partition coefficient (Wildman–Crippen LogP) is 3.97. The smallest absolute Gasteiger partial charge is 0.255 e. The van der Waals surface area contributed by atoms with Crippen LogP contribution in [0.2, 0.25) is 0 Å². The fourth-order valence-electron chi connectivity index (χ4n) is 2.09. The molecule has 0 atom stereocenters. The number of nitrogens with zero attached hydrogens (tertiary/aromatic N) is 1. The second-order valence-corrected chi connectivity index (χ2v) is 5.85. The van der Waals surface area contributed by atoms with Gasteiger partial charge in [-0.25, -0.2) is 4.39 Å². The third-order valence-electron chi connectivity index (χ3n) is 3.54. The van der Waals surface area contributed by atoms with E-state index in [0.29, 0.717) is 11.3 Å². The van der Waals surface area contributed by atoms with Crippen LogP contribution in [0.4, 0.5) is 10.1 Å². The van der Waals surface area contributed by atoms with E-state index in [4.69, 9.17) is 5.73 Å². The Morgan fingerprint density at radius 3 is 2.29 bits per heavy atom. The molecule has 3 rings (SSSR count). The average molecular weight is 377 g/mol. The molecule has 0 fully saturated rings. The number of hydrogen-bond donors (Lipinski definition) is 2. The number of nitrogens with one attached hydrogen (secondary N) is 1. The maximum Gasteiger partial charge on any atom is 0.255 e. The van der Waals surface area contributed by atoms with Gasteiger partial charge in [-0.3, -0.25) is 14.6 Å². The van der Waals surface area contributed by atoms with Gasteiger partial charge in [0.2, 0.25) is 5.91 Å². The van der Waals surface area contributed by atoms with Gasteiger partial charge in [0, 0.05) is 29.7 Å². The number of anilines is 1. The van der Waals surface area contributed by atoms with E-state index in [1.165, 1.54) is 30.3 Å². The van der Waals surface area contributed by atoms with Crippen LogP contribution in [0, 0.1) is 12.7 Å². The van der Waals surface area contributed by atoms with Crippen LogP contribution >= 0.6 is 0 Å².